The number of hydrogen-bond acceptors (Lipinski definition) is 4. The van der Waals surface area contributed by atoms with Crippen LogP contribution in [0.1, 0.15) is 74.4 Å². The number of likely N-dealkylation sites (tertiary alicyclic amines) is 1. The standard InChI is InChI=1S/C34H46N4O2S/c1-22-17-23(2)19-26(18-22)31-27(11-12-36-13-15-37(16-14-36)24(3)39)28-20-30(41-32(28)35-31)34(4,5)33(40)38-21-25-9-7-6-8-10-29(25)38/h17-20,25,29,35H,6-16,21H2,1-5H3. The molecule has 0 spiro atoms. The van der Waals surface area contributed by atoms with E-state index in [0.29, 0.717) is 17.9 Å². The number of carbonyl (C=O) groups excluding carboxylic acids is 2. The monoisotopic (exact) mass is 574 g/mol. The SMILES string of the molecule is CC(=O)N1CCN(CCc2c(-c3cc(C)cc(C)c3)[nH]c3sc(C(C)(C)C(=O)N4CC5CCCCCC54)cc23)CC1. The van der Waals surface area contributed by atoms with E-state index in [1.807, 2.05) is 4.90 Å². The molecule has 2 aliphatic heterocycles. The lowest BCUT2D eigenvalue weighted by Gasteiger charge is -2.50. The first kappa shape index (κ1) is 28.5. The number of aromatic nitrogens is 1. The normalized spacial score (nSPS) is 22.0. The summed E-state index contributed by atoms with van der Waals surface area (Å²) >= 11 is 1.76. The maximum atomic E-state index is 14.0. The van der Waals surface area contributed by atoms with Crippen molar-refractivity contribution < 1.29 is 9.59 Å². The second kappa shape index (κ2) is 11.2. The summed E-state index contributed by atoms with van der Waals surface area (Å²) in [5.74, 6) is 1.17. The van der Waals surface area contributed by atoms with Crippen LogP contribution in [0, 0.1) is 19.8 Å². The number of rotatable bonds is 6. The van der Waals surface area contributed by atoms with E-state index in [4.69, 9.17) is 0 Å². The van der Waals surface area contributed by atoms with Crippen molar-refractivity contribution in [1.82, 2.24) is 19.7 Å². The van der Waals surface area contributed by atoms with Crippen molar-refractivity contribution in [2.45, 2.75) is 84.6 Å². The largest absolute Gasteiger partial charge is 0.346 e. The first-order valence-corrected chi connectivity index (χ1v) is 16.5. The molecule has 0 radical (unpaired) electrons. The Hall–Kier alpha value is -2.64. The molecule has 41 heavy (non-hydrogen) atoms. The lowest BCUT2D eigenvalue weighted by molar-refractivity contribution is -0.149. The van der Waals surface area contributed by atoms with Crippen molar-refractivity contribution in [3.63, 3.8) is 0 Å². The van der Waals surface area contributed by atoms with Gasteiger partial charge < -0.3 is 14.8 Å². The molecule has 4 heterocycles. The van der Waals surface area contributed by atoms with Crippen LogP contribution < -0.4 is 0 Å². The van der Waals surface area contributed by atoms with Crippen LogP contribution in [0.3, 0.4) is 0 Å². The van der Waals surface area contributed by atoms with E-state index in [-0.39, 0.29) is 5.91 Å². The molecular formula is C34H46N4O2S. The smallest absolute Gasteiger partial charge is 0.233 e. The van der Waals surface area contributed by atoms with Crippen LogP contribution in [0.2, 0.25) is 0 Å². The fourth-order valence-corrected chi connectivity index (χ4v) is 8.64. The van der Waals surface area contributed by atoms with Gasteiger partial charge in [-0.2, -0.15) is 0 Å². The van der Waals surface area contributed by atoms with E-state index >= 15 is 0 Å². The predicted octanol–water partition coefficient (Wildman–Crippen LogP) is 6.29. The molecule has 1 aromatic carbocycles. The topological polar surface area (TPSA) is 59.7 Å². The van der Waals surface area contributed by atoms with Crippen molar-refractivity contribution in [2.75, 3.05) is 39.3 Å². The van der Waals surface area contributed by atoms with Crippen molar-refractivity contribution in [3.05, 3.63) is 45.8 Å². The predicted molar refractivity (Wildman–Crippen MR) is 169 cm³/mol. The maximum Gasteiger partial charge on any atom is 0.233 e. The summed E-state index contributed by atoms with van der Waals surface area (Å²) in [6.07, 6.45) is 7.27. The second-order valence-electron chi connectivity index (χ2n) is 13.4. The molecule has 2 saturated heterocycles. The van der Waals surface area contributed by atoms with Crippen molar-refractivity contribution in [1.29, 1.82) is 0 Å². The fourth-order valence-electron chi connectivity index (χ4n) is 7.46. The maximum absolute atomic E-state index is 14.0. The Morgan fingerprint density at radius 2 is 1.68 bits per heavy atom. The van der Waals surface area contributed by atoms with Gasteiger partial charge in [0, 0.05) is 62.5 Å². The summed E-state index contributed by atoms with van der Waals surface area (Å²) in [7, 11) is 0. The highest BCUT2D eigenvalue weighted by atomic mass is 32.1. The van der Waals surface area contributed by atoms with Gasteiger partial charge in [-0.25, -0.2) is 0 Å². The summed E-state index contributed by atoms with van der Waals surface area (Å²) in [4.78, 5) is 38.5. The minimum Gasteiger partial charge on any atom is -0.346 e. The number of nitrogens with one attached hydrogen (secondary N) is 1. The first-order valence-electron chi connectivity index (χ1n) is 15.6. The molecule has 6 rings (SSSR count). The zero-order chi connectivity index (χ0) is 28.9. The third-order valence-electron chi connectivity index (χ3n) is 9.97. The van der Waals surface area contributed by atoms with E-state index in [1.54, 1.807) is 18.3 Å². The summed E-state index contributed by atoms with van der Waals surface area (Å²) in [6.45, 7) is 15.6. The lowest BCUT2D eigenvalue weighted by Crippen LogP contribution is -2.61. The number of nitrogens with zero attached hydrogens (tertiary/aromatic N) is 3. The summed E-state index contributed by atoms with van der Waals surface area (Å²) < 4.78 is 0. The van der Waals surface area contributed by atoms with Crippen LogP contribution >= 0.6 is 11.3 Å². The molecule has 1 aliphatic carbocycles. The Bertz CT molecular complexity index is 1420. The Morgan fingerprint density at radius 1 is 0.976 bits per heavy atom. The lowest BCUT2D eigenvalue weighted by atomic mass is 9.80. The molecular weight excluding hydrogens is 528 g/mol. The van der Waals surface area contributed by atoms with Crippen LogP contribution in [0.25, 0.3) is 21.5 Å². The second-order valence-corrected chi connectivity index (χ2v) is 14.4. The number of aromatic amines is 1. The third-order valence-corrected chi connectivity index (χ3v) is 11.3. The number of amides is 2. The Balaban J connectivity index is 1.28. The van der Waals surface area contributed by atoms with E-state index < -0.39 is 5.41 Å². The van der Waals surface area contributed by atoms with Crippen molar-refractivity contribution in [3.8, 4) is 11.3 Å². The molecule has 2 amide bonds. The molecule has 2 atom stereocenters. The molecule has 6 nitrogen and oxygen atoms in total. The number of H-pyrrole nitrogens is 1. The van der Waals surface area contributed by atoms with Gasteiger partial charge in [0.1, 0.15) is 4.83 Å². The van der Waals surface area contributed by atoms with Gasteiger partial charge in [-0.1, -0.05) is 36.5 Å². The van der Waals surface area contributed by atoms with Gasteiger partial charge in [-0.3, -0.25) is 14.5 Å². The quantitative estimate of drug-likeness (QED) is 0.377. The minimum absolute atomic E-state index is 0.171. The van der Waals surface area contributed by atoms with Gasteiger partial charge in [-0.15, -0.1) is 11.3 Å². The molecule has 7 heteroatoms. The summed E-state index contributed by atoms with van der Waals surface area (Å²) in [6, 6.07) is 9.54. The Kier molecular flexibility index (Phi) is 7.79. The summed E-state index contributed by atoms with van der Waals surface area (Å²) in [5, 5.41) is 1.26. The number of piperazine rings is 1. The Morgan fingerprint density at radius 3 is 2.39 bits per heavy atom. The number of hydrogen-bond donors (Lipinski definition) is 1. The van der Waals surface area contributed by atoms with Gasteiger partial charge in [0.25, 0.3) is 0 Å². The highest BCUT2D eigenvalue weighted by molar-refractivity contribution is 7.19. The average Bonchev–Trinajstić information content (AvgIpc) is 3.43. The minimum atomic E-state index is -0.540. The van der Waals surface area contributed by atoms with E-state index in [9.17, 15) is 9.59 Å². The number of fused-ring (bicyclic) bond motifs is 2. The van der Waals surface area contributed by atoms with E-state index in [2.05, 4.69) is 66.7 Å². The summed E-state index contributed by atoms with van der Waals surface area (Å²) in [5.41, 5.74) is 5.78. The molecule has 220 valence electrons. The molecule has 0 bridgehead atoms. The van der Waals surface area contributed by atoms with E-state index in [1.165, 1.54) is 70.3 Å². The van der Waals surface area contributed by atoms with Crippen LogP contribution in [-0.4, -0.2) is 76.8 Å². The zero-order valence-electron chi connectivity index (χ0n) is 25.5. The molecule has 3 aliphatic rings. The van der Waals surface area contributed by atoms with Crippen LogP contribution in [0.4, 0.5) is 0 Å². The number of thiophene rings is 1. The highest BCUT2D eigenvalue weighted by Crippen LogP contribution is 2.44. The van der Waals surface area contributed by atoms with Gasteiger partial charge in [0.15, 0.2) is 0 Å². The molecule has 1 saturated carbocycles. The average molecular weight is 575 g/mol. The van der Waals surface area contributed by atoms with Crippen LogP contribution in [0.5, 0.6) is 0 Å². The van der Waals surface area contributed by atoms with Crippen LogP contribution in [0.15, 0.2) is 24.3 Å². The highest BCUT2D eigenvalue weighted by Gasteiger charge is 2.47. The van der Waals surface area contributed by atoms with Gasteiger partial charge in [0.2, 0.25) is 11.8 Å². The Labute approximate surface area is 249 Å². The fraction of sp³-hybridized carbons (Fsp3) is 0.588. The van der Waals surface area contributed by atoms with Crippen molar-refractivity contribution in [2.24, 2.45) is 5.92 Å². The number of carbonyl (C=O) groups is 2. The van der Waals surface area contributed by atoms with Gasteiger partial charge in [-0.05, 0) is 82.2 Å². The van der Waals surface area contributed by atoms with Gasteiger partial charge in [0.05, 0.1) is 11.1 Å². The molecule has 2 unspecified atom stereocenters. The van der Waals surface area contributed by atoms with Gasteiger partial charge >= 0.3 is 0 Å². The molecule has 2 aromatic heterocycles. The molecule has 3 aromatic rings. The van der Waals surface area contributed by atoms with Crippen molar-refractivity contribution >= 4 is 33.4 Å². The first-order chi connectivity index (χ1) is 19.6. The molecule has 1 N–H and O–H groups in total. The molecule has 3 fully saturated rings. The third kappa shape index (κ3) is 5.48. The van der Waals surface area contributed by atoms with E-state index in [0.717, 1.165) is 50.6 Å². The number of benzene rings is 1. The zero-order valence-corrected chi connectivity index (χ0v) is 26.3. The number of aryl methyl sites for hydroxylation is 2. The van der Waals surface area contributed by atoms with Crippen LogP contribution in [-0.2, 0) is 21.4 Å².